The predicted octanol–water partition coefficient (Wildman–Crippen LogP) is 1.12. The molecule has 3 atom stereocenters. The van der Waals surface area contributed by atoms with Gasteiger partial charge in [-0.1, -0.05) is 6.08 Å². The number of esters is 1. The summed E-state index contributed by atoms with van der Waals surface area (Å²) in [6.07, 6.45) is 3.13. The molecule has 1 aliphatic rings. The van der Waals surface area contributed by atoms with Crippen LogP contribution in [-0.4, -0.2) is 23.8 Å². The van der Waals surface area contributed by atoms with Gasteiger partial charge in [-0.3, -0.25) is 4.79 Å². The summed E-state index contributed by atoms with van der Waals surface area (Å²) in [5.41, 5.74) is 0. The molecule has 0 bridgehead atoms. The Labute approximate surface area is 78.4 Å². The van der Waals surface area contributed by atoms with Gasteiger partial charge in [0.15, 0.2) is 0 Å². The quantitative estimate of drug-likeness (QED) is 0.526. The van der Waals surface area contributed by atoms with E-state index in [1.54, 1.807) is 6.08 Å². The van der Waals surface area contributed by atoms with Crippen LogP contribution in [0.4, 0.5) is 0 Å². The first-order chi connectivity index (χ1) is 6.15. The molecule has 1 N–H and O–H groups in total. The van der Waals surface area contributed by atoms with Gasteiger partial charge in [0.1, 0.15) is 0 Å². The molecule has 0 heterocycles. The van der Waals surface area contributed by atoms with Crippen molar-refractivity contribution in [1.29, 1.82) is 0 Å². The van der Waals surface area contributed by atoms with Crippen LogP contribution in [0.25, 0.3) is 0 Å². The zero-order valence-corrected chi connectivity index (χ0v) is 7.90. The summed E-state index contributed by atoms with van der Waals surface area (Å²) >= 11 is 0. The number of hydrogen-bond donors (Lipinski definition) is 1. The highest BCUT2D eigenvalue weighted by molar-refractivity contribution is 5.65. The third kappa shape index (κ3) is 2.56. The summed E-state index contributed by atoms with van der Waals surface area (Å²) in [6.45, 7) is 5.37. The van der Waals surface area contributed by atoms with Gasteiger partial charge >= 0.3 is 5.97 Å². The molecule has 0 aromatic rings. The number of carbonyl (C=O) groups excluding carboxylic acids is 1. The number of carbonyl (C=O) groups is 1. The van der Waals surface area contributed by atoms with Crippen LogP contribution in [0.3, 0.4) is 0 Å². The summed E-state index contributed by atoms with van der Waals surface area (Å²) in [6, 6.07) is 0. The lowest BCUT2D eigenvalue weighted by molar-refractivity contribution is -0.145. The van der Waals surface area contributed by atoms with Crippen molar-refractivity contribution in [3.8, 4) is 0 Å². The summed E-state index contributed by atoms with van der Waals surface area (Å²) in [4.78, 5) is 10.5. The molecule has 0 spiro atoms. The van der Waals surface area contributed by atoms with E-state index >= 15 is 0 Å². The zero-order valence-electron chi connectivity index (χ0n) is 7.90. The number of rotatable bonds is 4. The van der Waals surface area contributed by atoms with E-state index in [0.29, 0.717) is 12.5 Å². The molecule has 0 aliphatic heterocycles. The maximum atomic E-state index is 10.5. The Balaban J connectivity index is 2.28. The summed E-state index contributed by atoms with van der Waals surface area (Å²) in [5, 5.41) is 9.45. The van der Waals surface area contributed by atoms with Crippen LogP contribution < -0.4 is 0 Å². The van der Waals surface area contributed by atoms with Gasteiger partial charge in [-0.15, -0.1) is 6.58 Å². The summed E-state index contributed by atoms with van der Waals surface area (Å²) < 4.78 is 4.89. The molecule has 13 heavy (non-hydrogen) atoms. The summed E-state index contributed by atoms with van der Waals surface area (Å²) in [7, 11) is 0. The lowest BCUT2D eigenvalue weighted by Crippen LogP contribution is -2.37. The monoisotopic (exact) mass is 184 g/mol. The Kier molecular flexibility index (Phi) is 3.48. The third-order valence-corrected chi connectivity index (χ3v) is 2.66. The highest BCUT2D eigenvalue weighted by Gasteiger charge is 2.35. The number of hydrogen-bond acceptors (Lipinski definition) is 3. The van der Waals surface area contributed by atoms with Gasteiger partial charge in [0.05, 0.1) is 12.7 Å². The fourth-order valence-electron chi connectivity index (χ4n) is 1.65. The van der Waals surface area contributed by atoms with Crippen LogP contribution in [0.1, 0.15) is 19.8 Å². The lowest BCUT2D eigenvalue weighted by Gasteiger charge is -2.38. The molecule has 3 nitrogen and oxygen atoms in total. The molecular formula is C10H16O3. The topological polar surface area (TPSA) is 46.5 Å². The number of ether oxygens (including phenoxy) is 1. The van der Waals surface area contributed by atoms with E-state index < -0.39 is 6.10 Å². The molecule has 0 radical (unpaired) electrons. The molecule has 1 rings (SSSR count). The molecular weight excluding hydrogens is 168 g/mol. The van der Waals surface area contributed by atoms with Crippen LogP contribution >= 0.6 is 0 Å². The van der Waals surface area contributed by atoms with Gasteiger partial charge in [0.2, 0.25) is 0 Å². The second-order valence-electron chi connectivity index (χ2n) is 3.53. The van der Waals surface area contributed by atoms with Crippen molar-refractivity contribution in [2.75, 3.05) is 6.61 Å². The Morgan fingerprint density at radius 2 is 2.46 bits per heavy atom. The summed E-state index contributed by atoms with van der Waals surface area (Å²) in [5.74, 6) is 0.299. The van der Waals surface area contributed by atoms with Crippen molar-refractivity contribution in [3.63, 3.8) is 0 Å². The van der Waals surface area contributed by atoms with E-state index in [-0.39, 0.29) is 11.9 Å². The molecule has 1 aliphatic carbocycles. The molecule has 74 valence electrons. The van der Waals surface area contributed by atoms with Crippen LogP contribution in [-0.2, 0) is 9.53 Å². The number of aliphatic hydroxyl groups excluding tert-OH is 1. The second-order valence-corrected chi connectivity index (χ2v) is 3.53. The van der Waals surface area contributed by atoms with Crippen LogP contribution in [0, 0.1) is 11.8 Å². The first-order valence-electron chi connectivity index (χ1n) is 4.59. The van der Waals surface area contributed by atoms with Crippen LogP contribution in [0.2, 0.25) is 0 Å². The Morgan fingerprint density at radius 3 is 2.85 bits per heavy atom. The van der Waals surface area contributed by atoms with Gasteiger partial charge in [-0.2, -0.15) is 0 Å². The zero-order chi connectivity index (χ0) is 9.84. The first-order valence-corrected chi connectivity index (χ1v) is 4.59. The Bertz CT molecular complexity index is 200. The smallest absolute Gasteiger partial charge is 0.302 e. The van der Waals surface area contributed by atoms with E-state index in [9.17, 15) is 9.90 Å². The van der Waals surface area contributed by atoms with Crippen molar-refractivity contribution >= 4 is 5.97 Å². The van der Waals surface area contributed by atoms with Crippen LogP contribution in [0.15, 0.2) is 12.7 Å². The number of aliphatic hydroxyl groups is 1. The van der Waals surface area contributed by atoms with Crippen LogP contribution in [0.5, 0.6) is 0 Å². The van der Waals surface area contributed by atoms with E-state index in [2.05, 4.69) is 6.58 Å². The fraction of sp³-hybridized carbons (Fsp3) is 0.700. The maximum Gasteiger partial charge on any atom is 0.302 e. The minimum absolute atomic E-state index is 0.233. The highest BCUT2D eigenvalue weighted by Crippen LogP contribution is 2.37. The van der Waals surface area contributed by atoms with Crippen molar-refractivity contribution < 1.29 is 14.6 Å². The van der Waals surface area contributed by atoms with E-state index in [1.807, 2.05) is 0 Å². The molecule has 1 saturated carbocycles. The second kappa shape index (κ2) is 4.42. The predicted molar refractivity (Wildman–Crippen MR) is 49.1 cm³/mol. The van der Waals surface area contributed by atoms with E-state index in [0.717, 1.165) is 12.8 Å². The van der Waals surface area contributed by atoms with Gasteiger partial charge < -0.3 is 9.84 Å². The van der Waals surface area contributed by atoms with Gasteiger partial charge in [-0.25, -0.2) is 0 Å². The van der Waals surface area contributed by atoms with E-state index in [4.69, 9.17) is 4.74 Å². The van der Waals surface area contributed by atoms with Crippen molar-refractivity contribution in [3.05, 3.63) is 12.7 Å². The first kappa shape index (κ1) is 10.3. The highest BCUT2D eigenvalue weighted by atomic mass is 16.5. The molecule has 3 heteroatoms. The molecule has 1 fully saturated rings. The Morgan fingerprint density at radius 1 is 1.77 bits per heavy atom. The Hall–Kier alpha value is -0.830. The largest absolute Gasteiger partial charge is 0.466 e. The average Bonchev–Trinajstić information content (AvgIpc) is 2.01. The third-order valence-electron chi connectivity index (χ3n) is 2.66. The molecule has 0 aromatic carbocycles. The van der Waals surface area contributed by atoms with E-state index in [1.165, 1.54) is 6.92 Å². The molecule has 0 amide bonds. The SMILES string of the molecule is C=C[C@@H](O)[C@@H]1CC[C@H]1COC(C)=O. The normalized spacial score (nSPS) is 28.8. The lowest BCUT2D eigenvalue weighted by atomic mass is 9.71. The average molecular weight is 184 g/mol. The molecule has 0 aromatic heterocycles. The van der Waals surface area contributed by atoms with Gasteiger partial charge in [-0.05, 0) is 24.7 Å². The maximum absolute atomic E-state index is 10.5. The molecule has 0 unspecified atom stereocenters. The minimum atomic E-state index is -0.450. The minimum Gasteiger partial charge on any atom is -0.466 e. The van der Waals surface area contributed by atoms with Crippen molar-refractivity contribution in [2.24, 2.45) is 11.8 Å². The van der Waals surface area contributed by atoms with Crippen molar-refractivity contribution in [1.82, 2.24) is 0 Å². The molecule has 0 saturated heterocycles. The van der Waals surface area contributed by atoms with Gasteiger partial charge in [0.25, 0.3) is 0 Å². The van der Waals surface area contributed by atoms with Gasteiger partial charge in [0, 0.05) is 6.92 Å². The standard InChI is InChI=1S/C10H16O3/c1-3-10(12)9-5-4-8(9)6-13-7(2)11/h3,8-10,12H,1,4-6H2,2H3/t8-,9+,10+/m0/s1. The fourth-order valence-corrected chi connectivity index (χ4v) is 1.65. The van der Waals surface area contributed by atoms with Crippen molar-refractivity contribution in [2.45, 2.75) is 25.9 Å².